The highest BCUT2D eigenvalue weighted by Gasteiger charge is 2.26. The summed E-state index contributed by atoms with van der Waals surface area (Å²) in [5, 5.41) is 0. The maximum Gasteiger partial charge on any atom is 0.210 e. The standard InChI is InChI=1S/C16H24O3.C13H15NO/c1-13-8-9-16(12-18-13)19-14(2)10-17-11-15-6-4-3-5-7-15;1-10(2)13-12-6-4-3-5-11(12)7-8-14(13)9-15/h3-7,13-14,16H,8-12H2,1-2H3;3-6,9,13H,1,7-8H2,2H3/t13-,14+,16?;13-/m00/s1. The maximum absolute atomic E-state index is 11.0. The number of nitrogens with zero attached hydrogens (tertiary/aromatic N) is 1. The highest BCUT2D eigenvalue weighted by molar-refractivity contribution is 5.53. The SMILES string of the molecule is C=C(C)[C@H]1c2ccccc2CCN1C=O.C[C@H](COCc1ccccc1)OC1CC[C@H](C)OC1. The summed E-state index contributed by atoms with van der Waals surface area (Å²) in [6.45, 7) is 12.9. The predicted octanol–water partition coefficient (Wildman–Crippen LogP) is 5.49. The van der Waals surface area contributed by atoms with Gasteiger partial charge in [0.2, 0.25) is 6.41 Å². The van der Waals surface area contributed by atoms with Gasteiger partial charge in [0.05, 0.1) is 44.2 Å². The Bertz CT molecular complexity index is 892. The fraction of sp³-hybridized carbons (Fsp3) is 0.483. The van der Waals surface area contributed by atoms with Crippen molar-refractivity contribution < 1.29 is 19.0 Å². The van der Waals surface area contributed by atoms with Crippen molar-refractivity contribution in [2.24, 2.45) is 0 Å². The van der Waals surface area contributed by atoms with Crippen LogP contribution in [0.4, 0.5) is 0 Å². The van der Waals surface area contributed by atoms with Crippen molar-refractivity contribution in [3.05, 3.63) is 83.4 Å². The third kappa shape index (κ3) is 7.79. The van der Waals surface area contributed by atoms with Crippen LogP contribution in [0.5, 0.6) is 0 Å². The molecule has 1 fully saturated rings. The van der Waals surface area contributed by atoms with E-state index in [-0.39, 0.29) is 18.2 Å². The summed E-state index contributed by atoms with van der Waals surface area (Å²) < 4.78 is 17.2. The van der Waals surface area contributed by atoms with Gasteiger partial charge in [-0.3, -0.25) is 4.79 Å². The third-order valence-electron chi connectivity index (χ3n) is 6.27. The van der Waals surface area contributed by atoms with E-state index in [2.05, 4.69) is 44.7 Å². The smallest absolute Gasteiger partial charge is 0.210 e. The van der Waals surface area contributed by atoms with Gasteiger partial charge in [0.25, 0.3) is 0 Å². The van der Waals surface area contributed by atoms with Crippen molar-refractivity contribution in [3.63, 3.8) is 0 Å². The van der Waals surface area contributed by atoms with Crippen LogP contribution in [0.1, 0.15) is 56.3 Å². The molecule has 0 bridgehead atoms. The highest BCUT2D eigenvalue weighted by Crippen LogP contribution is 2.32. The van der Waals surface area contributed by atoms with Crippen LogP contribution in [0.2, 0.25) is 0 Å². The summed E-state index contributed by atoms with van der Waals surface area (Å²) >= 11 is 0. The van der Waals surface area contributed by atoms with Crippen LogP contribution in [0, 0.1) is 0 Å². The molecule has 0 radical (unpaired) electrons. The molecule has 2 heterocycles. The lowest BCUT2D eigenvalue weighted by Gasteiger charge is -2.35. The molecular formula is C29H39NO4. The molecule has 5 nitrogen and oxygen atoms in total. The second-order valence-electron chi connectivity index (χ2n) is 9.33. The number of hydrogen-bond donors (Lipinski definition) is 0. The first-order valence-electron chi connectivity index (χ1n) is 12.3. The van der Waals surface area contributed by atoms with Crippen LogP contribution >= 0.6 is 0 Å². The zero-order valence-electron chi connectivity index (χ0n) is 20.8. The Balaban J connectivity index is 0.000000196. The summed E-state index contributed by atoms with van der Waals surface area (Å²) in [4.78, 5) is 12.8. The third-order valence-corrected chi connectivity index (χ3v) is 6.27. The van der Waals surface area contributed by atoms with Crippen molar-refractivity contribution in [1.82, 2.24) is 4.90 Å². The van der Waals surface area contributed by atoms with E-state index in [0.717, 1.165) is 37.8 Å². The minimum absolute atomic E-state index is 0.0625. The number of amides is 1. The van der Waals surface area contributed by atoms with Crippen molar-refractivity contribution in [2.75, 3.05) is 19.8 Å². The van der Waals surface area contributed by atoms with Gasteiger partial charge in [-0.15, -0.1) is 0 Å². The largest absolute Gasteiger partial charge is 0.376 e. The molecule has 0 spiro atoms. The first-order valence-corrected chi connectivity index (χ1v) is 12.3. The zero-order chi connectivity index (χ0) is 24.3. The fourth-order valence-corrected chi connectivity index (χ4v) is 4.50. The predicted molar refractivity (Wildman–Crippen MR) is 136 cm³/mol. The summed E-state index contributed by atoms with van der Waals surface area (Å²) in [6, 6.07) is 18.6. The Morgan fingerprint density at radius 3 is 2.59 bits per heavy atom. The number of carbonyl (C=O) groups excluding carboxylic acids is 1. The quantitative estimate of drug-likeness (QED) is 0.382. The molecule has 34 heavy (non-hydrogen) atoms. The minimum Gasteiger partial charge on any atom is -0.376 e. The van der Waals surface area contributed by atoms with Gasteiger partial charge in [-0.25, -0.2) is 0 Å². The molecule has 2 aliphatic heterocycles. The highest BCUT2D eigenvalue weighted by atomic mass is 16.6. The Morgan fingerprint density at radius 1 is 1.18 bits per heavy atom. The molecule has 4 rings (SSSR count). The number of benzene rings is 2. The van der Waals surface area contributed by atoms with Gasteiger partial charge in [0, 0.05) is 6.54 Å². The number of hydrogen-bond acceptors (Lipinski definition) is 4. The van der Waals surface area contributed by atoms with Crippen LogP contribution in [0.25, 0.3) is 0 Å². The fourth-order valence-electron chi connectivity index (χ4n) is 4.50. The number of carbonyl (C=O) groups is 1. The van der Waals surface area contributed by atoms with Gasteiger partial charge < -0.3 is 19.1 Å². The van der Waals surface area contributed by atoms with Crippen LogP contribution < -0.4 is 0 Å². The molecule has 1 amide bonds. The lowest BCUT2D eigenvalue weighted by Crippen LogP contribution is -2.34. The normalized spacial score (nSPS) is 22.7. The molecule has 1 unspecified atom stereocenters. The lowest BCUT2D eigenvalue weighted by atomic mass is 9.89. The van der Waals surface area contributed by atoms with Crippen molar-refractivity contribution in [1.29, 1.82) is 0 Å². The van der Waals surface area contributed by atoms with E-state index in [0.29, 0.717) is 25.9 Å². The van der Waals surface area contributed by atoms with E-state index in [9.17, 15) is 4.79 Å². The van der Waals surface area contributed by atoms with Gasteiger partial charge in [-0.2, -0.15) is 0 Å². The van der Waals surface area contributed by atoms with Gasteiger partial charge in [-0.1, -0.05) is 66.7 Å². The molecule has 2 aromatic rings. The van der Waals surface area contributed by atoms with E-state index in [1.807, 2.05) is 42.2 Å². The van der Waals surface area contributed by atoms with E-state index in [4.69, 9.17) is 14.2 Å². The Hall–Kier alpha value is -2.47. The van der Waals surface area contributed by atoms with Gasteiger partial charge in [0.1, 0.15) is 0 Å². The molecule has 4 atom stereocenters. The average Bonchev–Trinajstić information content (AvgIpc) is 2.85. The summed E-state index contributed by atoms with van der Waals surface area (Å²) in [7, 11) is 0. The van der Waals surface area contributed by atoms with Crippen molar-refractivity contribution in [2.45, 2.75) is 71.0 Å². The summed E-state index contributed by atoms with van der Waals surface area (Å²) in [5.41, 5.74) is 4.78. The molecule has 0 saturated carbocycles. The molecule has 2 aliphatic rings. The van der Waals surface area contributed by atoms with Crippen LogP contribution in [0.15, 0.2) is 66.7 Å². The molecule has 2 aromatic carbocycles. The number of ether oxygens (including phenoxy) is 3. The van der Waals surface area contributed by atoms with Crippen LogP contribution in [0.3, 0.4) is 0 Å². The molecule has 1 saturated heterocycles. The summed E-state index contributed by atoms with van der Waals surface area (Å²) in [5.74, 6) is 0. The van der Waals surface area contributed by atoms with Crippen LogP contribution in [-0.2, 0) is 32.0 Å². The molecule has 0 aromatic heterocycles. The molecule has 5 heteroatoms. The second kappa shape index (κ2) is 13.4. The Morgan fingerprint density at radius 2 is 1.91 bits per heavy atom. The lowest BCUT2D eigenvalue weighted by molar-refractivity contribution is -0.120. The van der Waals surface area contributed by atoms with E-state index >= 15 is 0 Å². The minimum atomic E-state index is 0.0625. The van der Waals surface area contributed by atoms with Crippen LogP contribution in [-0.4, -0.2) is 49.4 Å². The average molecular weight is 466 g/mol. The maximum atomic E-state index is 11.0. The Labute approximate surface area is 204 Å². The topological polar surface area (TPSA) is 48.0 Å². The first kappa shape index (κ1) is 26.1. The van der Waals surface area contributed by atoms with Gasteiger partial charge in [0.15, 0.2) is 0 Å². The van der Waals surface area contributed by atoms with E-state index in [1.54, 1.807) is 0 Å². The number of fused-ring (bicyclic) bond motifs is 1. The zero-order valence-corrected chi connectivity index (χ0v) is 20.8. The molecule has 0 N–H and O–H groups in total. The molecule has 0 aliphatic carbocycles. The van der Waals surface area contributed by atoms with Gasteiger partial charge in [-0.05, 0) is 56.7 Å². The monoisotopic (exact) mass is 465 g/mol. The second-order valence-corrected chi connectivity index (χ2v) is 9.33. The number of rotatable bonds is 8. The van der Waals surface area contributed by atoms with Gasteiger partial charge >= 0.3 is 0 Å². The molecular weight excluding hydrogens is 426 g/mol. The van der Waals surface area contributed by atoms with E-state index < -0.39 is 0 Å². The first-order chi connectivity index (χ1) is 16.5. The van der Waals surface area contributed by atoms with E-state index in [1.165, 1.54) is 16.7 Å². The van der Waals surface area contributed by atoms with Crippen molar-refractivity contribution >= 4 is 6.41 Å². The van der Waals surface area contributed by atoms with Crippen molar-refractivity contribution in [3.8, 4) is 0 Å². The Kier molecular flexibility index (Phi) is 10.3. The molecule has 184 valence electrons. The summed E-state index contributed by atoms with van der Waals surface area (Å²) in [6.07, 6.45) is 4.77.